The van der Waals surface area contributed by atoms with Crippen molar-refractivity contribution in [2.24, 2.45) is 23.5 Å². The average Bonchev–Trinajstić information content (AvgIpc) is 2.90. The highest BCUT2D eigenvalue weighted by atomic mass is 35.5. The minimum absolute atomic E-state index is 0. The summed E-state index contributed by atoms with van der Waals surface area (Å²) in [6.07, 6.45) is 0.0347. The number of amides is 3. The van der Waals surface area contributed by atoms with Gasteiger partial charge in [0.2, 0.25) is 17.7 Å². The molecule has 0 aromatic heterocycles. The molecule has 0 saturated carbocycles. The van der Waals surface area contributed by atoms with E-state index in [0.717, 1.165) is 11.3 Å². The molecule has 9 heteroatoms. The fourth-order valence-electron chi connectivity index (χ4n) is 3.44. The summed E-state index contributed by atoms with van der Waals surface area (Å²) >= 11 is 0. The monoisotopic (exact) mass is 453 g/mol. The Morgan fingerprint density at radius 1 is 1.10 bits per heavy atom. The number of halogens is 1. The second-order valence-electron chi connectivity index (χ2n) is 8.36. The molecule has 3 amide bonds. The van der Waals surface area contributed by atoms with Crippen LogP contribution < -0.4 is 21.1 Å². The largest absolute Gasteiger partial charge is 0.491 e. The van der Waals surface area contributed by atoms with Crippen LogP contribution >= 0.6 is 12.4 Å². The van der Waals surface area contributed by atoms with Crippen molar-refractivity contribution in [2.45, 2.75) is 59.2 Å². The molecule has 1 aliphatic rings. The number of nitrogens with one attached hydrogen (secondary N) is 2. The van der Waals surface area contributed by atoms with Crippen LogP contribution in [0.1, 0.15) is 52.6 Å². The zero-order valence-corrected chi connectivity index (χ0v) is 19.3. The molecule has 31 heavy (non-hydrogen) atoms. The minimum Gasteiger partial charge on any atom is -0.491 e. The molecule has 1 aromatic carbocycles. The molecule has 8 nitrogen and oxygen atoms in total. The number of carbonyl (C=O) groups is 4. The first kappa shape index (κ1) is 26.6. The number of nitrogens with two attached hydrogens (primary N) is 1. The van der Waals surface area contributed by atoms with Gasteiger partial charge in [0.25, 0.3) is 0 Å². The van der Waals surface area contributed by atoms with Gasteiger partial charge in [-0.3, -0.25) is 24.5 Å². The molecule has 0 radical (unpaired) electrons. The highest BCUT2D eigenvalue weighted by Gasteiger charge is 2.46. The van der Waals surface area contributed by atoms with Gasteiger partial charge in [-0.05, 0) is 37.5 Å². The first-order valence-corrected chi connectivity index (χ1v) is 10.2. The lowest BCUT2D eigenvalue weighted by Gasteiger charge is -2.25. The van der Waals surface area contributed by atoms with Crippen molar-refractivity contribution in [3.8, 4) is 5.75 Å². The second-order valence-corrected chi connectivity index (χ2v) is 8.36. The Hall–Kier alpha value is -2.45. The number of hydrogen-bond acceptors (Lipinski definition) is 6. The summed E-state index contributed by atoms with van der Waals surface area (Å²) in [4.78, 5) is 49.2. The van der Waals surface area contributed by atoms with Crippen LogP contribution in [-0.4, -0.2) is 35.7 Å². The Kier molecular flexibility index (Phi) is 9.65. The van der Waals surface area contributed by atoms with Crippen molar-refractivity contribution in [3.05, 3.63) is 29.8 Å². The van der Waals surface area contributed by atoms with Crippen molar-refractivity contribution < 1.29 is 23.9 Å². The Bertz CT molecular complexity index is 810. The van der Waals surface area contributed by atoms with Crippen molar-refractivity contribution in [1.29, 1.82) is 0 Å². The van der Waals surface area contributed by atoms with Gasteiger partial charge < -0.3 is 15.8 Å². The summed E-state index contributed by atoms with van der Waals surface area (Å²) in [6, 6.07) is 5.76. The van der Waals surface area contributed by atoms with E-state index >= 15 is 0 Å². The van der Waals surface area contributed by atoms with Crippen LogP contribution in [0.5, 0.6) is 5.75 Å². The zero-order valence-electron chi connectivity index (χ0n) is 18.5. The summed E-state index contributed by atoms with van der Waals surface area (Å²) < 4.78 is 5.59. The predicted molar refractivity (Wildman–Crippen MR) is 119 cm³/mol. The smallest absolute Gasteiger partial charge is 0.238 e. The maximum Gasteiger partial charge on any atom is 0.238 e. The third-order valence-electron chi connectivity index (χ3n) is 5.12. The van der Waals surface area contributed by atoms with Crippen LogP contribution in [0, 0.1) is 17.8 Å². The van der Waals surface area contributed by atoms with E-state index < -0.39 is 47.4 Å². The average molecular weight is 454 g/mol. The molecule has 1 fully saturated rings. The zero-order chi connectivity index (χ0) is 22.6. The molecule has 1 aliphatic heterocycles. The van der Waals surface area contributed by atoms with Crippen molar-refractivity contribution in [2.75, 3.05) is 0 Å². The normalized spacial score (nSPS) is 20.1. The number of carbonyl (C=O) groups excluding carboxylic acids is 4. The summed E-state index contributed by atoms with van der Waals surface area (Å²) in [5.74, 6) is -3.32. The molecule has 0 aliphatic carbocycles. The van der Waals surface area contributed by atoms with Gasteiger partial charge in [-0.15, -0.1) is 12.4 Å². The van der Waals surface area contributed by atoms with E-state index in [1.807, 2.05) is 13.8 Å². The van der Waals surface area contributed by atoms with Gasteiger partial charge in [-0.25, -0.2) is 0 Å². The SMILES string of the molecule is CC(C)Oc1ccc(C(N)CC(=O)N[C@H](C(=O)[C@@H]2C(=O)NC(=O)[C@H]2C)C(C)C)cc1.Cl. The fourth-order valence-corrected chi connectivity index (χ4v) is 3.44. The number of Topliss-reactive ketones (excluding diaryl/α,β-unsaturated/α-hetero) is 1. The molecule has 1 saturated heterocycles. The van der Waals surface area contributed by atoms with Gasteiger partial charge in [0.15, 0.2) is 5.78 Å². The van der Waals surface area contributed by atoms with E-state index in [4.69, 9.17) is 10.5 Å². The summed E-state index contributed by atoms with van der Waals surface area (Å²) in [5, 5.41) is 4.88. The highest BCUT2D eigenvalue weighted by molar-refractivity contribution is 6.16. The van der Waals surface area contributed by atoms with E-state index in [9.17, 15) is 19.2 Å². The Morgan fingerprint density at radius 2 is 1.68 bits per heavy atom. The number of imide groups is 1. The molecular weight excluding hydrogens is 422 g/mol. The number of ether oxygens (including phenoxy) is 1. The number of rotatable bonds is 9. The summed E-state index contributed by atoms with van der Waals surface area (Å²) in [7, 11) is 0. The van der Waals surface area contributed by atoms with Crippen molar-refractivity contribution in [1.82, 2.24) is 10.6 Å². The minimum atomic E-state index is -1.09. The molecule has 0 bridgehead atoms. The molecule has 4 atom stereocenters. The Labute approximate surface area is 189 Å². The topological polar surface area (TPSA) is 128 Å². The van der Waals surface area contributed by atoms with E-state index in [-0.39, 0.29) is 30.8 Å². The lowest BCUT2D eigenvalue weighted by molar-refractivity contribution is -0.137. The predicted octanol–water partition coefficient (Wildman–Crippen LogP) is 1.90. The molecule has 4 N–H and O–H groups in total. The van der Waals surface area contributed by atoms with Crippen LogP contribution in [0.3, 0.4) is 0 Å². The van der Waals surface area contributed by atoms with Crippen LogP contribution in [0.4, 0.5) is 0 Å². The van der Waals surface area contributed by atoms with Crippen molar-refractivity contribution in [3.63, 3.8) is 0 Å². The molecule has 1 aromatic rings. The molecule has 2 rings (SSSR count). The summed E-state index contributed by atoms with van der Waals surface area (Å²) in [5.41, 5.74) is 6.93. The fraction of sp³-hybridized carbons (Fsp3) is 0.545. The molecule has 1 heterocycles. The van der Waals surface area contributed by atoms with Crippen LogP contribution in [0.2, 0.25) is 0 Å². The lowest BCUT2D eigenvalue weighted by Crippen LogP contribution is -2.49. The number of ketones is 1. The standard InChI is InChI=1S/C22H31N3O5.ClH/c1-11(2)19(20(27)18-13(5)21(28)25-22(18)29)24-17(26)10-16(23)14-6-8-15(9-7-14)30-12(3)4;/h6-9,11-13,16,18-19H,10,23H2,1-5H3,(H,24,26)(H,25,28,29);1H/t13-,16?,18+,19-;/m0./s1. The van der Waals surface area contributed by atoms with Crippen LogP contribution in [-0.2, 0) is 19.2 Å². The molecule has 0 spiro atoms. The molecule has 172 valence electrons. The third kappa shape index (κ3) is 6.77. The Morgan fingerprint density at radius 3 is 2.13 bits per heavy atom. The maximum atomic E-state index is 12.9. The van der Waals surface area contributed by atoms with Gasteiger partial charge in [-0.2, -0.15) is 0 Å². The Balaban J connectivity index is 0.00000480. The summed E-state index contributed by atoms with van der Waals surface area (Å²) in [6.45, 7) is 8.94. The van der Waals surface area contributed by atoms with E-state index in [0.29, 0.717) is 0 Å². The number of benzene rings is 1. The second kappa shape index (κ2) is 11.2. The lowest BCUT2D eigenvalue weighted by atomic mass is 9.85. The quantitative estimate of drug-likeness (QED) is 0.387. The van der Waals surface area contributed by atoms with Gasteiger partial charge in [0, 0.05) is 12.5 Å². The van der Waals surface area contributed by atoms with E-state index in [2.05, 4.69) is 10.6 Å². The van der Waals surface area contributed by atoms with E-state index in [1.54, 1.807) is 38.1 Å². The van der Waals surface area contributed by atoms with Gasteiger partial charge in [0.1, 0.15) is 11.7 Å². The first-order valence-electron chi connectivity index (χ1n) is 10.2. The highest BCUT2D eigenvalue weighted by Crippen LogP contribution is 2.24. The number of hydrogen-bond donors (Lipinski definition) is 3. The maximum absolute atomic E-state index is 12.9. The first-order chi connectivity index (χ1) is 14.0. The van der Waals surface area contributed by atoms with Gasteiger partial charge >= 0.3 is 0 Å². The van der Waals surface area contributed by atoms with Crippen LogP contribution in [0.15, 0.2) is 24.3 Å². The van der Waals surface area contributed by atoms with Gasteiger partial charge in [-0.1, -0.05) is 32.9 Å². The van der Waals surface area contributed by atoms with Gasteiger partial charge in [0.05, 0.1) is 18.1 Å². The molecule has 1 unspecified atom stereocenters. The van der Waals surface area contributed by atoms with E-state index in [1.165, 1.54) is 6.92 Å². The molecular formula is C22H32ClN3O5. The van der Waals surface area contributed by atoms with Crippen LogP contribution in [0.25, 0.3) is 0 Å². The third-order valence-corrected chi connectivity index (χ3v) is 5.12. The van der Waals surface area contributed by atoms with Crippen molar-refractivity contribution >= 4 is 35.9 Å².